The largest absolute Gasteiger partial charge is 0.302 e. The van der Waals surface area contributed by atoms with Gasteiger partial charge in [-0.15, -0.1) is 11.3 Å². The molecule has 1 N–H and O–H groups in total. The summed E-state index contributed by atoms with van der Waals surface area (Å²) in [5.41, 5.74) is 1.15. The van der Waals surface area contributed by atoms with E-state index in [1.54, 1.807) is 11.3 Å². The summed E-state index contributed by atoms with van der Waals surface area (Å²) in [6.45, 7) is 6.62. The summed E-state index contributed by atoms with van der Waals surface area (Å²) in [6, 6.07) is 11.7. The Hall–Kier alpha value is -1.19. The molecule has 2 rings (SSSR count). The molecule has 0 aliphatic rings. The number of benzene rings is 1. The van der Waals surface area contributed by atoms with Gasteiger partial charge in [0.25, 0.3) is 0 Å². The molecule has 0 saturated carbocycles. The van der Waals surface area contributed by atoms with E-state index in [0.29, 0.717) is 12.0 Å². The maximum absolute atomic E-state index is 13.0. The first kappa shape index (κ1) is 15.2. The molecule has 0 aliphatic heterocycles. The standard InChI is InChI=1S/C17H22FNS/c1-4-15(13-7-9-14(18)10-8-13)19-17(12(2)3)16-6-5-11-20-16/h5-12,15,17,19H,4H2,1-3H3. The molecule has 0 bridgehead atoms. The monoisotopic (exact) mass is 291 g/mol. The van der Waals surface area contributed by atoms with Crippen molar-refractivity contribution < 1.29 is 4.39 Å². The van der Waals surface area contributed by atoms with Crippen molar-refractivity contribution in [3.05, 3.63) is 58.0 Å². The van der Waals surface area contributed by atoms with Gasteiger partial charge in [0.2, 0.25) is 0 Å². The second-order valence-corrected chi connectivity index (χ2v) is 6.40. The lowest BCUT2D eigenvalue weighted by atomic mass is 9.98. The van der Waals surface area contributed by atoms with Gasteiger partial charge in [0, 0.05) is 17.0 Å². The first-order valence-corrected chi connectivity index (χ1v) is 8.04. The minimum absolute atomic E-state index is 0.178. The van der Waals surface area contributed by atoms with Crippen LogP contribution in [0.1, 0.15) is 49.7 Å². The molecule has 0 spiro atoms. The van der Waals surface area contributed by atoms with Gasteiger partial charge in [-0.25, -0.2) is 4.39 Å². The zero-order chi connectivity index (χ0) is 14.5. The minimum Gasteiger partial charge on any atom is -0.302 e. The van der Waals surface area contributed by atoms with E-state index >= 15 is 0 Å². The number of rotatable bonds is 6. The number of hydrogen-bond donors (Lipinski definition) is 1. The zero-order valence-corrected chi connectivity index (χ0v) is 13.1. The molecule has 1 aromatic carbocycles. The van der Waals surface area contributed by atoms with Gasteiger partial charge in [0.1, 0.15) is 5.82 Å². The van der Waals surface area contributed by atoms with Crippen LogP contribution in [0.3, 0.4) is 0 Å². The molecule has 1 heterocycles. The van der Waals surface area contributed by atoms with Gasteiger partial charge < -0.3 is 5.32 Å². The maximum Gasteiger partial charge on any atom is 0.123 e. The molecule has 2 aromatic rings. The van der Waals surface area contributed by atoms with Crippen LogP contribution in [-0.2, 0) is 0 Å². The summed E-state index contributed by atoms with van der Waals surface area (Å²) in [6.07, 6.45) is 0.986. The Kier molecular flexibility index (Phi) is 5.32. The fourth-order valence-electron chi connectivity index (χ4n) is 2.43. The van der Waals surface area contributed by atoms with Gasteiger partial charge in [0.15, 0.2) is 0 Å². The summed E-state index contributed by atoms with van der Waals surface area (Å²) in [5.74, 6) is 0.338. The van der Waals surface area contributed by atoms with Crippen LogP contribution in [0.4, 0.5) is 4.39 Å². The van der Waals surface area contributed by atoms with Crippen molar-refractivity contribution >= 4 is 11.3 Å². The third-order valence-corrected chi connectivity index (χ3v) is 4.53. The summed E-state index contributed by atoms with van der Waals surface area (Å²) in [4.78, 5) is 1.36. The number of hydrogen-bond acceptors (Lipinski definition) is 2. The Bertz CT molecular complexity index is 504. The molecule has 0 fully saturated rings. The lowest BCUT2D eigenvalue weighted by Crippen LogP contribution is -2.29. The van der Waals surface area contributed by atoms with Crippen LogP contribution in [-0.4, -0.2) is 0 Å². The maximum atomic E-state index is 13.0. The predicted octanol–water partition coefficient (Wildman–Crippen LogP) is 5.33. The van der Waals surface area contributed by atoms with Crippen LogP contribution >= 0.6 is 11.3 Å². The summed E-state index contributed by atoms with van der Waals surface area (Å²) >= 11 is 1.79. The highest BCUT2D eigenvalue weighted by atomic mass is 32.1. The molecule has 1 aromatic heterocycles. The molecule has 108 valence electrons. The molecule has 3 heteroatoms. The average Bonchev–Trinajstić information content (AvgIpc) is 2.95. The molecule has 1 nitrogen and oxygen atoms in total. The molecule has 2 atom stereocenters. The predicted molar refractivity (Wildman–Crippen MR) is 84.5 cm³/mol. The van der Waals surface area contributed by atoms with Crippen molar-refractivity contribution in [3.8, 4) is 0 Å². The summed E-state index contributed by atoms with van der Waals surface area (Å²) in [7, 11) is 0. The Morgan fingerprint density at radius 1 is 1.15 bits per heavy atom. The van der Waals surface area contributed by atoms with Gasteiger partial charge >= 0.3 is 0 Å². The van der Waals surface area contributed by atoms with Crippen LogP contribution < -0.4 is 5.32 Å². The summed E-state index contributed by atoms with van der Waals surface area (Å²) in [5, 5.41) is 5.85. The molecular formula is C17H22FNS. The van der Waals surface area contributed by atoms with E-state index in [-0.39, 0.29) is 11.9 Å². The molecule has 2 unspecified atom stereocenters. The molecule has 0 amide bonds. The smallest absolute Gasteiger partial charge is 0.123 e. The number of thiophene rings is 1. The van der Waals surface area contributed by atoms with Crippen LogP contribution in [0, 0.1) is 11.7 Å². The quantitative estimate of drug-likeness (QED) is 0.759. The zero-order valence-electron chi connectivity index (χ0n) is 12.3. The lowest BCUT2D eigenvalue weighted by Gasteiger charge is -2.27. The van der Waals surface area contributed by atoms with Crippen molar-refractivity contribution in [1.82, 2.24) is 5.32 Å². The van der Waals surface area contributed by atoms with E-state index in [4.69, 9.17) is 0 Å². The number of halogens is 1. The van der Waals surface area contributed by atoms with Gasteiger partial charge in [-0.05, 0) is 41.5 Å². The Morgan fingerprint density at radius 2 is 1.85 bits per heavy atom. The van der Waals surface area contributed by atoms with Crippen molar-refractivity contribution in [2.24, 2.45) is 5.92 Å². The highest BCUT2D eigenvalue weighted by Gasteiger charge is 2.21. The Morgan fingerprint density at radius 3 is 2.35 bits per heavy atom. The van der Waals surface area contributed by atoms with Gasteiger partial charge in [-0.1, -0.05) is 39.0 Å². The van der Waals surface area contributed by atoms with Gasteiger partial charge in [0.05, 0.1) is 0 Å². The van der Waals surface area contributed by atoms with Gasteiger partial charge in [-0.2, -0.15) is 0 Å². The van der Waals surface area contributed by atoms with E-state index < -0.39 is 0 Å². The first-order valence-electron chi connectivity index (χ1n) is 7.16. The fraction of sp³-hybridized carbons (Fsp3) is 0.412. The Balaban J connectivity index is 2.17. The van der Waals surface area contributed by atoms with Crippen LogP contribution in [0.15, 0.2) is 41.8 Å². The van der Waals surface area contributed by atoms with E-state index in [9.17, 15) is 4.39 Å². The first-order chi connectivity index (χ1) is 9.61. The molecule has 0 radical (unpaired) electrons. The SMILES string of the molecule is CCC(NC(c1cccs1)C(C)C)c1ccc(F)cc1. The fourth-order valence-corrected chi connectivity index (χ4v) is 3.39. The third kappa shape index (κ3) is 3.68. The summed E-state index contributed by atoms with van der Waals surface area (Å²) < 4.78 is 13.0. The van der Waals surface area contributed by atoms with Gasteiger partial charge in [-0.3, -0.25) is 0 Å². The normalized spacial score (nSPS) is 14.4. The second-order valence-electron chi connectivity index (χ2n) is 5.42. The second kappa shape index (κ2) is 7.00. The van der Waals surface area contributed by atoms with E-state index in [1.807, 2.05) is 12.1 Å². The highest BCUT2D eigenvalue weighted by molar-refractivity contribution is 7.10. The van der Waals surface area contributed by atoms with Crippen molar-refractivity contribution in [2.75, 3.05) is 0 Å². The molecular weight excluding hydrogens is 269 g/mol. The Labute approximate surface area is 124 Å². The topological polar surface area (TPSA) is 12.0 Å². The molecule has 0 aliphatic carbocycles. The minimum atomic E-state index is -0.178. The lowest BCUT2D eigenvalue weighted by molar-refractivity contribution is 0.361. The highest BCUT2D eigenvalue weighted by Crippen LogP contribution is 2.30. The van der Waals surface area contributed by atoms with Crippen molar-refractivity contribution in [1.29, 1.82) is 0 Å². The van der Waals surface area contributed by atoms with Crippen molar-refractivity contribution in [2.45, 2.75) is 39.3 Å². The molecule has 20 heavy (non-hydrogen) atoms. The number of nitrogens with one attached hydrogen (secondary N) is 1. The van der Waals surface area contributed by atoms with Crippen LogP contribution in [0.25, 0.3) is 0 Å². The van der Waals surface area contributed by atoms with Crippen molar-refractivity contribution in [3.63, 3.8) is 0 Å². The van der Waals surface area contributed by atoms with E-state index in [2.05, 4.69) is 43.6 Å². The van der Waals surface area contributed by atoms with E-state index in [1.165, 1.54) is 17.0 Å². The van der Waals surface area contributed by atoms with Crippen LogP contribution in [0.2, 0.25) is 0 Å². The van der Waals surface area contributed by atoms with Crippen LogP contribution in [0.5, 0.6) is 0 Å². The third-order valence-electron chi connectivity index (χ3n) is 3.58. The molecule has 0 saturated heterocycles. The van der Waals surface area contributed by atoms with E-state index in [0.717, 1.165) is 12.0 Å². The average molecular weight is 291 g/mol.